The third-order valence-corrected chi connectivity index (χ3v) is 6.74. The molecule has 0 aromatic heterocycles. The van der Waals surface area contributed by atoms with E-state index in [2.05, 4.69) is 0 Å². The molecule has 0 amide bonds. The molecule has 2 aromatic carbocycles. The second-order valence-corrected chi connectivity index (χ2v) is 8.85. The summed E-state index contributed by atoms with van der Waals surface area (Å²) in [6, 6.07) is 13.6. The van der Waals surface area contributed by atoms with Gasteiger partial charge >= 0.3 is 5.97 Å². The maximum atomic E-state index is 12.9. The first kappa shape index (κ1) is 18.9. The second-order valence-electron chi connectivity index (χ2n) is 6.47. The van der Waals surface area contributed by atoms with E-state index in [1.165, 1.54) is 16.4 Å². The van der Waals surface area contributed by atoms with Crippen molar-refractivity contribution in [2.75, 3.05) is 13.1 Å². The molecule has 0 bridgehead atoms. The van der Waals surface area contributed by atoms with Crippen molar-refractivity contribution in [2.24, 2.45) is 0 Å². The van der Waals surface area contributed by atoms with Gasteiger partial charge in [0.05, 0.1) is 11.3 Å². The quantitative estimate of drug-likeness (QED) is 0.843. The van der Waals surface area contributed by atoms with Crippen LogP contribution in [0, 0.1) is 0 Å². The van der Waals surface area contributed by atoms with Gasteiger partial charge in [-0.15, -0.1) is 0 Å². The highest BCUT2D eigenvalue weighted by Crippen LogP contribution is 2.31. The van der Waals surface area contributed by atoms with Crippen molar-refractivity contribution in [2.45, 2.75) is 30.1 Å². The lowest BCUT2D eigenvalue weighted by atomic mass is 9.90. The van der Waals surface area contributed by atoms with E-state index in [-0.39, 0.29) is 17.2 Å². The topological polar surface area (TPSA) is 74.7 Å². The van der Waals surface area contributed by atoms with Crippen molar-refractivity contribution >= 4 is 27.6 Å². The third kappa shape index (κ3) is 4.26. The smallest absolute Gasteiger partial charge is 0.307 e. The first-order valence-corrected chi connectivity index (χ1v) is 10.2. The van der Waals surface area contributed by atoms with Crippen molar-refractivity contribution in [1.82, 2.24) is 4.31 Å². The van der Waals surface area contributed by atoms with E-state index < -0.39 is 16.0 Å². The van der Waals surface area contributed by atoms with Crippen LogP contribution >= 0.6 is 11.6 Å². The van der Waals surface area contributed by atoms with Gasteiger partial charge in [0.2, 0.25) is 10.0 Å². The molecule has 3 rings (SSSR count). The molecule has 26 heavy (non-hydrogen) atoms. The summed E-state index contributed by atoms with van der Waals surface area (Å²) in [7, 11) is -3.57. The zero-order valence-electron chi connectivity index (χ0n) is 14.1. The molecule has 0 aliphatic carbocycles. The summed E-state index contributed by atoms with van der Waals surface area (Å²) < 4.78 is 27.3. The van der Waals surface area contributed by atoms with Crippen LogP contribution in [0.4, 0.5) is 0 Å². The fraction of sp³-hybridized carbons (Fsp3) is 0.316. The zero-order valence-corrected chi connectivity index (χ0v) is 15.7. The highest BCUT2D eigenvalue weighted by molar-refractivity contribution is 7.89. The van der Waals surface area contributed by atoms with Crippen LogP contribution in [0.2, 0.25) is 5.02 Å². The largest absolute Gasteiger partial charge is 0.481 e. The number of halogens is 1. The van der Waals surface area contributed by atoms with Crippen molar-refractivity contribution in [1.29, 1.82) is 0 Å². The minimum atomic E-state index is -3.57. The molecule has 1 heterocycles. The number of carboxylic acid groups (broad SMARTS) is 1. The molecular weight excluding hydrogens is 374 g/mol. The van der Waals surface area contributed by atoms with Gasteiger partial charge < -0.3 is 5.11 Å². The Morgan fingerprint density at radius 1 is 1.19 bits per heavy atom. The average molecular weight is 394 g/mol. The number of piperidine rings is 1. The molecule has 7 heteroatoms. The maximum Gasteiger partial charge on any atom is 0.307 e. The Hall–Kier alpha value is -1.89. The van der Waals surface area contributed by atoms with Crippen LogP contribution in [0.5, 0.6) is 0 Å². The first-order chi connectivity index (χ1) is 12.4. The molecular formula is C19H20ClNO4S. The molecule has 0 saturated carbocycles. The van der Waals surface area contributed by atoms with Crippen LogP contribution in [0.15, 0.2) is 53.4 Å². The molecule has 5 nitrogen and oxygen atoms in total. The molecule has 1 fully saturated rings. The summed E-state index contributed by atoms with van der Waals surface area (Å²) in [6.07, 6.45) is 1.61. The lowest BCUT2D eigenvalue weighted by Gasteiger charge is -2.32. The fourth-order valence-electron chi connectivity index (χ4n) is 3.32. The number of sulfonamides is 1. The van der Waals surface area contributed by atoms with Gasteiger partial charge in [-0.3, -0.25) is 4.79 Å². The van der Waals surface area contributed by atoms with Gasteiger partial charge in [0.1, 0.15) is 0 Å². The van der Waals surface area contributed by atoms with Crippen molar-refractivity contribution in [3.8, 4) is 0 Å². The van der Waals surface area contributed by atoms with Crippen LogP contribution in [-0.4, -0.2) is 36.9 Å². The van der Waals surface area contributed by atoms with E-state index in [9.17, 15) is 13.2 Å². The van der Waals surface area contributed by atoms with Crippen molar-refractivity contribution in [3.63, 3.8) is 0 Å². The Labute approximate surface area is 158 Å². The first-order valence-electron chi connectivity index (χ1n) is 8.42. The molecule has 1 aliphatic rings. The Balaban J connectivity index is 1.81. The van der Waals surface area contributed by atoms with Crippen LogP contribution < -0.4 is 0 Å². The lowest BCUT2D eigenvalue weighted by Crippen LogP contribution is -2.39. The van der Waals surface area contributed by atoms with Gasteiger partial charge in [0.25, 0.3) is 0 Å². The summed E-state index contributed by atoms with van der Waals surface area (Å²) in [5.74, 6) is -0.822. The third-order valence-electron chi connectivity index (χ3n) is 4.61. The van der Waals surface area contributed by atoms with Gasteiger partial charge in [-0.05, 0) is 54.2 Å². The molecule has 2 aromatic rings. The monoisotopic (exact) mass is 393 g/mol. The van der Waals surface area contributed by atoms with Gasteiger partial charge in [0, 0.05) is 18.1 Å². The summed E-state index contributed by atoms with van der Waals surface area (Å²) >= 11 is 5.85. The van der Waals surface area contributed by atoms with Gasteiger partial charge in [0.15, 0.2) is 0 Å². The fourth-order valence-corrected chi connectivity index (χ4v) is 4.97. The van der Waals surface area contributed by atoms with Gasteiger partial charge in [-0.25, -0.2) is 8.42 Å². The molecule has 1 N–H and O–H groups in total. The van der Waals surface area contributed by atoms with E-state index in [0.29, 0.717) is 18.1 Å². The molecule has 0 spiro atoms. The average Bonchev–Trinajstić information content (AvgIpc) is 2.62. The predicted molar refractivity (Wildman–Crippen MR) is 100.0 cm³/mol. The number of rotatable bonds is 5. The van der Waals surface area contributed by atoms with Crippen LogP contribution in [0.1, 0.15) is 29.9 Å². The number of benzene rings is 2. The number of aliphatic carboxylic acids is 1. The van der Waals surface area contributed by atoms with E-state index >= 15 is 0 Å². The Kier molecular flexibility index (Phi) is 5.65. The second kappa shape index (κ2) is 7.78. The Bertz CT molecular complexity index is 896. The molecule has 138 valence electrons. The van der Waals surface area contributed by atoms with E-state index in [1.54, 1.807) is 18.2 Å². The summed E-state index contributed by atoms with van der Waals surface area (Å²) in [4.78, 5) is 11.2. The molecule has 1 aliphatic heterocycles. The highest BCUT2D eigenvalue weighted by Gasteiger charge is 2.31. The molecule has 1 atom stereocenters. The number of hydrogen-bond donors (Lipinski definition) is 1. The highest BCUT2D eigenvalue weighted by atomic mass is 35.5. The predicted octanol–water partition coefficient (Wildman–Crippen LogP) is 3.54. The summed E-state index contributed by atoms with van der Waals surface area (Å²) in [5, 5.41) is 9.46. The minimum absolute atomic E-state index is 0.0344. The summed E-state index contributed by atoms with van der Waals surface area (Å²) in [5.41, 5.74) is 1.72. The molecule has 1 unspecified atom stereocenters. The van der Waals surface area contributed by atoms with Gasteiger partial charge in [-0.2, -0.15) is 4.31 Å². The Morgan fingerprint density at radius 2 is 1.92 bits per heavy atom. The SMILES string of the molecule is O=C(O)Cc1cccc(C2CCCN(S(=O)(=O)c3ccc(Cl)cc3)C2)c1. The number of carboxylic acids is 1. The molecule has 1 saturated heterocycles. The molecule has 0 radical (unpaired) electrons. The lowest BCUT2D eigenvalue weighted by molar-refractivity contribution is -0.136. The van der Waals surface area contributed by atoms with Crippen molar-refractivity contribution < 1.29 is 18.3 Å². The Morgan fingerprint density at radius 3 is 2.62 bits per heavy atom. The number of hydrogen-bond acceptors (Lipinski definition) is 3. The van der Waals surface area contributed by atoms with E-state index in [0.717, 1.165) is 24.0 Å². The minimum Gasteiger partial charge on any atom is -0.481 e. The van der Waals surface area contributed by atoms with Crippen LogP contribution in [0.3, 0.4) is 0 Å². The van der Waals surface area contributed by atoms with E-state index in [1.807, 2.05) is 18.2 Å². The zero-order chi connectivity index (χ0) is 18.7. The maximum absolute atomic E-state index is 12.9. The van der Waals surface area contributed by atoms with Gasteiger partial charge in [-0.1, -0.05) is 35.9 Å². The standard InChI is InChI=1S/C19H20ClNO4S/c20-17-6-8-18(9-7-17)26(24,25)21-10-2-5-16(13-21)15-4-1-3-14(11-15)12-19(22)23/h1,3-4,6-9,11,16H,2,5,10,12-13H2,(H,22,23). The van der Waals surface area contributed by atoms with E-state index in [4.69, 9.17) is 16.7 Å². The normalized spacial score (nSPS) is 18.6. The summed E-state index contributed by atoms with van der Waals surface area (Å²) in [6.45, 7) is 0.873. The van der Waals surface area contributed by atoms with Crippen LogP contribution in [-0.2, 0) is 21.2 Å². The number of nitrogens with zero attached hydrogens (tertiary/aromatic N) is 1. The number of carbonyl (C=O) groups is 1. The van der Waals surface area contributed by atoms with Crippen LogP contribution in [0.25, 0.3) is 0 Å². The van der Waals surface area contributed by atoms with Crippen molar-refractivity contribution in [3.05, 3.63) is 64.7 Å².